The normalized spacial score (nSPS) is 22.2. The van der Waals surface area contributed by atoms with Crippen LogP contribution in [0.5, 0.6) is 5.88 Å². The van der Waals surface area contributed by atoms with Crippen molar-refractivity contribution < 1.29 is 22.1 Å². The van der Waals surface area contributed by atoms with E-state index in [1.54, 1.807) is 23.0 Å². The summed E-state index contributed by atoms with van der Waals surface area (Å²) in [6.45, 7) is 12.5. The first-order valence-corrected chi connectivity index (χ1v) is 46.6. The molecule has 28 nitrogen and oxygen atoms in total. The lowest BCUT2D eigenvalue weighted by Gasteiger charge is -2.42. The smallest absolute Gasteiger partial charge is 0.340 e. The Balaban J connectivity index is 0.000000110. The zero-order chi connectivity index (χ0) is 84.4. The lowest BCUT2D eigenvalue weighted by Crippen LogP contribution is -2.44. The number of amidine groups is 1. The molecule has 4 aromatic carbocycles. The van der Waals surface area contributed by atoms with Crippen LogP contribution in [-0.2, 0) is 64.7 Å². The summed E-state index contributed by atoms with van der Waals surface area (Å²) in [7, 11) is -4.07. The van der Waals surface area contributed by atoms with Gasteiger partial charge in [0, 0.05) is 95.7 Å². The van der Waals surface area contributed by atoms with E-state index < -0.39 is 10.1 Å². The van der Waals surface area contributed by atoms with Gasteiger partial charge in [-0.25, -0.2) is 34.3 Å². The molecular formula is C97H113N23O5S. The highest BCUT2D eigenvalue weighted by Gasteiger charge is 2.49. The molecule has 126 heavy (non-hydrogen) atoms. The maximum Gasteiger partial charge on any atom is 0.340 e. The molecule has 9 aliphatic heterocycles. The number of anilines is 7. The van der Waals surface area contributed by atoms with E-state index in [0.29, 0.717) is 35.5 Å². The Morgan fingerprint density at radius 1 is 0.460 bits per heavy atom. The van der Waals surface area contributed by atoms with E-state index in [2.05, 4.69) is 140 Å². The number of nitrogens with one attached hydrogen (secondary N) is 1. The third-order valence-corrected chi connectivity index (χ3v) is 29.9. The number of ether oxygens (including phenoxy) is 2. The zero-order valence-corrected chi connectivity index (χ0v) is 71.9. The summed E-state index contributed by atoms with van der Waals surface area (Å²) in [6, 6.07) is 45.3. The first-order valence-electron chi connectivity index (χ1n) is 45.2. The van der Waals surface area contributed by atoms with E-state index in [9.17, 15) is 8.42 Å². The molecule has 652 valence electrons. The molecule has 17 heterocycles. The Bertz CT molecular complexity index is 6130. The van der Waals surface area contributed by atoms with Crippen LogP contribution in [0.15, 0.2) is 181 Å². The maximum absolute atomic E-state index is 12.9. The van der Waals surface area contributed by atoms with Crippen molar-refractivity contribution in [1.29, 1.82) is 0 Å². The molecule has 5 unspecified atom stereocenters. The Kier molecular flexibility index (Phi) is 22.9. The second-order valence-electron chi connectivity index (χ2n) is 36.0. The van der Waals surface area contributed by atoms with Gasteiger partial charge in [0.05, 0.1) is 65.0 Å². The highest BCUT2D eigenvalue weighted by molar-refractivity contribution is 7.87. The molecule has 3 aliphatic carbocycles. The predicted molar refractivity (Wildman–Crippen MR) is 489 cm³/mol. The van der Waals surface area contributed by atoms with Crippen molar-refractivity contribution in [2.45, 2.75) is 191 Å². The van der Waals surface area contributed by atoms with E-state index in [0.717, 1.165) is 267 Å². The van der Waals surface area contributed by atoms with E-state index in [1.165, 1.54) is 71.0 Å². The van der Waals surface area contributed by atoms with Gasteiger partial charge in [0.1, 0.15) is 22.2 Å². The molecule has 12 aliphatic rings. The van der Waals surface area contributed by atoms with E-state index in [4.69, 9.17) is 66.0 Å². The van der Waals surface area contributed by atoms with E-state index >= 15 is 0 Å². The first kappa shape index (κ1) is 82.9. The quantitative estimate of drug-likeness (QED) is 0.0975. The third-order valence-electron chi connectivity index (χ3n) is 28.7. The van der Waals surface area contributed by atoms with Gasteiger partial charge in [0.15, 0.2) is 52.3 Å². The van der Waals surface area contributed by atoms with Crippen molar-refractivity contribution in [1.82, 2.24) is 69.7 Å². The van der Waals surface area contributed by atoms with Crippen LogP contribution in [0, 0.1) is 23.2 Å². The number of aliphatic imine (C=N–C) groups is 1. The minimum Gasteiger partial charge on any atom is -0.356 e. The number of benzene rings is 4. The number of hydrogen-bond donors (Lipinski definition) is 4. The highest BCUT2D eigenvalue weighted by Crippen LogP contribution is 2.54. The van der Waals surface area contributed by atoms with Crippen molar-refractivity contribution >= 4 is 78.6 Å². The van der Waals surface area contributed by atoms with Crippen LogP contribution in [0.1, 0.15) is 202 Å². The molecule has 24 rings (SSSR count). The number of fused-ring (bicyclic) bond motifs is 9. The number of nitrogens with two attached hydrogens (primary N) is 3. The van der Waals surface area contributed by atoms with Gasteiger partial charge >= 0.3 is 10.1 Å². The summed E-state index contributed by atoms with van der Waals surface area (Å²) in [5.74, 6) is 4.20. The van der Waals surface area contributed by atoms with Gasteiger partial charge in [0.25, 0.3) is 5.88 Å². The molecule has 0 radical (unpaired) electrons. The van der Waals surface area contributed by atoms with E-state index in [-0.39, 0.29) is 59.6 Å². The van der Waals surface area contributed by atoms with Crippen LogP contribution in [-0.4, -0.2) is 151 Å². The number of rotatable bonds is 9. The molecule has 0 saturated carbocycles. The second-order valence-corrected chi connectivity index (χ2v) is 37.6. The van der Waals surface area contributed by atoms with Gasteiger partial charge in [0.2, 0.25) is 0 Å². The fraction of sp³-hybridized carbons (Fsp3) is 0.443. The molecule has 5 saturated heterocycles. The van der Waals surface area contributed by atoms with Crippen LogP contribution in [0.25, 0.3) is 22.3 Å². The van der Waals surface area contributed by atoms with Crippen molar-refractivity contribution in [3.05, 3.63) is 238 Å². The third kappa shape index (κ3) is 15.5. The summed E-state index contributed by atoms with van der Waals surface area (Å²) in [4.78, 5) is 59.4. The molecule has 0 bridgehead atoms. The van der Waals surface area contributed by atoms with Gasteiger partial charge in [-0.05, 0) is 253 Å². The predicted octanol–water partition coefficient (Wildman–Crippen LogP) is 14.6. The number of nitrogens with zero attached hydrogens (tertiary/aromatic N) is 19. The molecule has 0 amide bonds. The molecule has 5 atom stereocenters. The number of aromatic nitrogens is 13. The fourth-order valence-electron chi connectivity index (χ4n) is 21.8. The number of hydrogen-bond acceptors (Lipinski definition) is 26. The Morgan fingerprint density at radius 2 is 0.905 bits per heavy atom. The fourth-order valence-corrected chi connectivity index (χ4v) is 22.6. The standard InChI is InChI=1S/C31H36N8O.C27H29N7.C25H26N6O4S.C13H18N2.CH4/c32-28-22-8-2-1-7-21(22)19-31(28)12-16-37(17-13-31)25-20-34-27-29(35-25)39(26-11-3-4-18-40-26)36-30(27)38-15-6-9-23-24(38)10-5-14-33-23;28-25-19-6-2-1-5-18(19)15-27(25)9-13-33(14-10-27)23-17-30-24-21(32-23)16-31-26(24)34-12-4-7-20-22(34)8-3-11-29-20;1-17-9-11-18(12-10-17)36(32,33)35-21-16-27-23-24(28-21)31(22-8-2-3-15-34-22)29-25(23)30-14-5-6-19-20(30)7-4-13-26-19;14-12-11-4-2-1-3-10(11)9-13(12)5-7-15-8-6-13;/h1-2,5,7-8,10,14,20,26,28H,3-4,6,9,11-13,15-19,32H2;1-3,5-6,8,11,17,25H,4,7,9-10,12-16,28H2;4,7,9-13,16,22H,2-3,5-6,8,14-15H2,1H3;1-4,12,15H,5-9,14H2;1H4. The second kappa shape index (κ2) is 34.8. The number of aryl methyl sites for hydroxylation is 4. The Hall–Kier alpha value is -11.3. The average molecular weight is 1710 g/mol. The van der Waals surface area contributed by atoms with Gasteiger partial charge in [-0.3, -0.25) is 19.9 Å². The van der Waals surface area contributed by atoms with Crippen molar-refractivity contribution in [2.75, 3.05) is 96.6 Å². The van der Waals surface area contributed by atoms with Gasteiger partial charge in [-0.15, -0.1) is 10.2 Å². The van der Waals surface area contributed by atoms with Crippen LogP contribution < -0.4 is 51.2 Å². The lowest BCUT2D eigenvalue weighted by atomic mass is 9.73. The molecule has 29 heteroatoms. The number of pyridine rings is 3. The van der Waals surface area contributed by atoms with Crippen molar-refractivity contribution in [2.24, 2.45) is 38.4 Å². The summed E-state index contributed by atoms with van der Waals surface area (Å²) >= 11 is 0. The van der Waals surface area contributed by atoms with Gasteiger partial charge in [-0.2, -0.15) is 13.4 Å². The van der Waals surface area contributed by atoms with E-state index in [1.807, 2.05) is 60.7 Å². The lowest BCUT2D eigenvalue weighted by molar-refractivity contribution is -0.0370. The monoisotopic (exact) mass is 1710 g/mol. The molecule has 3 spiro atoms. The first-order chi connectivity index (χ1) is 61.2. The van der Waals surface area contributed by atoms with Crippen LogP contribution >= 0.6 is 0 Å². The molecule has 5 fully saturated rings. The van der Waals surface area contributed by atoms with Gasteiger partial charge < -0.3 is 60.7 Å². The maximum atomic E-state index is 12.9. The van der Waals surface area contributed by atoms with Crippen LogP contribution in [0.4, 0.5) is 40.3 Å². The highest BCUT2D eigenvalue weighted by atomic mass is 32.2. The summed E-state index contributed by atoms with van der Waals surface area (Å²) in [5, 5.41) is 13.5. The largest absolute Gasteiger partial charge is 0.356 e. The van der Waals surface area contributed by atoms with Crippen molar-refractivity contribution in [3.63, 3.8) is 0 Å². The summed E-state index contributed by atoms with van der Waals surface area (Å²) < 4.78 is 47.1. The number of piperidine rings is 3. The molecule has 8 aromatic heterocycles. The summed E-state index contributed by atoms with van der Waals surface area (Å²) in [5.41, 5.74) is 41.1. The SMILES string of the molecule is C.Cc1ccc(S(=O)(=O)Oc2cnc3c(N4CCCc5ncccc54)nn(C4CCCCO4)c3n2)cc1.NC1c2ccccc2CC12CCN(c1cnc3c(N4CCCc5ncccc54)nn(C4CCCCO4)c3n1)CC2.NC1c2ccccc2CC12CCN(c1cnc3c(n1)CN=C3N1CCCc3ncccc31)CC2.NC1c2ccccc2CC12CCNCC2. The van der Waals surface area contributed by atoms with Gasteiger partial charge in [-0.1, -0.05) is 97.9 Å². The Morgan fingerprint density at radius 3 is 1.39 bits per heavy atom. The topological polar surface area (TPSA) is 332 Å². The van der Waals surface area contributed by atoms with Crippen LogP contribution in [0.3, 0.4) is 0 Å². The minimum absolute atomic E-state index is 0. The summed E-state index contributed by atoms with van der Waals surface area (Å²) in [6.07, 6.45) is 32.3. The molecule has 12 aromatic rings. The molecular weight excluding hydrogens is 1600 g/mol. The van der Waals surface area contributed by atoms with Crippen molar-refractivity contribution in [3.8, 4) is 5.88 Å². The zero-order valence-electron chi connectivity index (χ0n) is 71.1. The average Bonchev–Trinajstić information content (AvgIpc) is 1.55. The molecule has 7 N–H and O–H groups in total. The Labute approximate surface area is 736 Å². The van der Waals surface area contributed by atoms with Crippen LogP contribution in [0.2, 0.25) is 0 Å². The minimum atomic E-state index is -4.07.